The van der Waals surface area contributed by atoms with Crippen molar-refractivity contribution in [1.82, 2.24) is 9.97 Å². The second-order valence-corrected chi connectivity index (χ2v) is 7.13. The molecule has 4 aromatic rings. The lowest BCUT2D eigenvalue weighted by Gasteiger charge is -2.33. The molecule has 0 fully saturated rings. The lowest BCUT2D eigenvalue weighted by Crippen LogP contribution is -2.35. The number of anilines is 1. The quantitative estimate of drug-likeness (QED) is 0.425. The Bertz CT molecular complexity index is 1250. The molecule has 0 aliphatic carbocycles. The van der Waals surface area contributed by atoms with Gasteiger partial charge in [0.15, 0.2) is 12.2 Å². The minimum absolute atomic E-state index is 0.501. The molecule has 0 bridgehead atoms. The van der Waals surface area contributed by atoms with Crippen LogP contribution in [0.1, 0.15) is 11.3 Å². The number of nitrogens with zero attached hydrogens (tertiary/aromatic N) is 3. The van der Waals surface area contributed by atoms with Gasteiger partial charge in [-0.25, -0.2) is 4.98 Å². The van der Waals surface area contributed by atoms with Gasteiger partial charge in [0.2, 0.25) is 0 Å². The summed E-state index contributed by atoms with van der Waals surface area (Å²) >= 11 is 0. The van der Waals surface area contributed by atoms with Gasteiger partial charge in [0, 0.05) is 29.2 Å². The summed E-state index contributed by atoms with van der Waals surface area (Å²) < 4.78 is 5.58. The number of carbonyl (C=O) groups excluding carboxylic acids is 1. The van der Waals surface area contributed by atoms with Crippen molar-refractivity contribution >= 4 is 23.1 Å². The van der Waals surface area contributed by atoms with Crippen molar-refractivity contribution < 1.29 is 9.21 Å². The van der Waals surface area contributed by atoms with Crippen molar-refractivity contribution in [2.75, 3.05) is 4.90 Å². The second kappa shape index (κ2) is 8.24. The van der Waals surface area contributed by atoms with E-state index in [1.54, 1.807) is 12.4 Å². The van der Waals surface area contributed by atoms with E-state index in [2.05, 4.69) is 9.97 Å². The summed E-state index contributed by atoms with van der Waals surface area (Å²) in [5.74, 6) is 0.654. The summed E-state index contributed by atoms with van der Waals surface area (Å²) in [6.07, 6.45) is 9.86. The minimum atomic E-state index is -0.501. The van der Waals surface area contributed by atoms with Gasteiger partial charge in [-0.3, -0.25) is 4.98 Å². The number of rotatable bonds is 5. The van der Waals surface area contributed by atoms with E-state index in [0.29, 0.717) is 5.76 Å². The van der Waals surface area contributed by atoms with Crippen LogP contribution in [-0.4, -0.2) is 22.3 Å². The Balaban J connectivity index is 1.71. The molecule has 5 heteroatoms. The van der Waals surface area contributed by atoms with E-state index in [9.17, 15) is 4.79 Å². The fourth-order valence-electron chi connectivity index (χ4n) is 3.85. The average Bonchev–Trinajstić information content (AvgIpc) is 3.39. The number of carbonyl (C=O) groups is 1. The minimum Gasteiger partial charge on any atom is -0.443 e. The zero-order chi connectivity index (χ0) is 21.0. The lowest BCUT2D eigenvalue weighted by molar-refractivity contribution is -0.107. The molecule has 31 heavy (non-hydrogen) atoms. The fraction of sp³-hybridized carbons (Fsp3) is 0.0385. The van der Waals surface area contributed by atoms with Gasteiger partial charge in [0.25, 0.3) is 0 Å². The lowest BCUT2D eigenvalue weighted by atomic mass is 9.88. The van der Waals surface area contributed by atoms with Crippen LogP contribution in [0.15, 0.2) is 108 Å². The largest absolute Gasteiger partial charge is 0.443 e. The summed E-state index contributed by atoms with van der Waals surface area (Å²) in [6, 6.07) is 23.1. The van der Waals surface area contributed by atoms with Crippen LogP contribution in [0.3, 0.4) is 0 Å². The number of hydrogen-bond donors (Lipinski definition) is 0. The van der Waals surface area contributed by atoms with Gasteiger partial charge in [0.05, 0.1) is 11.9 Å². The van der Waals surface area contributed by atoms with E-state index in [1.165, 1.54) is 6.39 Å². The Morgan fingerprint density at radius 3 is 2.39 bits per heavy atom. The molecule has 0 saturated carbocycles. The van der Waals surface area contributed by atoms with Crippen molar-refractivity contribution in [3.63, 3.8) is 0 Å². The van der Waals surface area contributed by atoms with Gasteiger partial charge in [-0.15, -0.1) is 0 Å². The van der Waals surface area contributed by atoms with Crippen LogP contribution in [-0.2, 0) is 4.79 Å². The zero-order valence-electron chi connectivity index (χ0n) is 16.6. The maximum absolute atomic E-state index is 12.4. The van der Waals surface area contributed by atoms with Crippen molar-refractivity contribution in [3.8, 4) is 11.3 Å². The summed E-state index contributed by atoms with van der Waals surface area (Å²) in [5.41, 5.74) is 5.35. The first-order chi connectivity index (χ1) is 15.3. The summed E-state index contributed by atoms with van der Waals surface area (Å²) in [5, 5.41) is 0. The molecule has 150 valence electrons. The molecule has 1 aliphatic heterocycles. The highest BCUT2D eigenvalue weighted by atomic mass is 16.3. The van der Waals surface area contributed by atoms with Crippen LogP contribution in [0.5, 0.6) is 0 Å². The predicted molar refractivity (Wildman–Crippen MR) is 121 cm³/mol. The Kier molecular flexibility index (Phi) is 4.99. The molecule has 0 amide bonds. The number of allylic oxidation sites excluding steroid dienone is 2. The van der Waals surface area contributed by atoms with E-state index in [4.69, 9.17) is 4.42 Å². The van der Waals surface area contributed by atoms with Crippen molar-refractivity contribution in [3.05, 3.63) is 115 Å². The van der Waals surface area contributed by atoms with Gasteiger partial charge in [0.1, 0.15) is 12.3 Å². The van der Waals surface area contributed by atoms with E-state index < -0.39 is 6.04 Å². The smallest absolute Gasteiger partial charge is 0.181 e. The van der Waals surface area contributed by atoms with Crippen molar-refractivity contribution in [1.29, 1.82) is 0 Å². The molecule has 0 radical (unpaired) electrons. The Morgan fingerprint density at radius 2 is 1.68 bits per heavy atom. The first-order valence-corrected chi connectivity index (χ1v) is 9.97. The molecule has 2 aromatic carbocycles. The van der Waals surface area contributed by atoms with Crippen LogP contribution in [0, 0.1) is 0 Å². The molecular weight excluding hydrogens is 386 g/mol. The zero-order valence-corrected chi connectivity index (χ0v) is 16.6. The summed E-state index contributed by atoms with van der Waals surface area (Å²) in [7, 11) is 0. The molecule has 5 nitrogen and oxygen atoms in total. The predicted octanol–water partition coefficient (Wildman–Crippen LogP) is 5.25. The maximum Gasteiger partial charge on any atom is 0.181 e. The molecule has 2 aromatic heterocycles. The summed E-state index contributed by atoms with van der Waals surface area (Å²) in [6.45, 7) is 0. The van der Waals surface area contributed by atoms with E-state index in [0.717, 1.165) is 39.9 Å². The molecule has 0 N–H and O–H groups in total. The van der Waals surface area contributed by atoms with Gasteiger partial charge >= 0.3 is 0 Å². The number of benzene rings is 2. The third-order valence-electron chi connectivity index (χ3n) is 5.29. The Hall–Kier alpha value is -4.25. The van der Waals surface area contributed by atoms with Crippen LogP contribution in [0.25, 0.3) is 22.5 Å². The average molecular weight is 405 g/mol. The number of para-hydroxylation sites is 1. The van der Waals surface area contributed by atoms with Gasteiger partial charge in [-0.1, -0.05) is 48.5 Å². The highest BCUT2D eigenvalue weighted by Crippen LogP contribution is 2.38. The van der Waals surface area contributed by atoms with Crippen molar-refractivity contribution in [2.24, 2.45) is 0 Å². The molecule has 0 saturated heterocycles. The fourth-order valence-corrected chi connectivity index (χ4v) is 3.85. The molecule has 0 spiro atoms. The highest BCUT2D eigenvalue weighted by Gasteiger charge is 2.29. The van der Waals surface area contributed by atoms with Crippen LogP contribution < -0.4 is 4.90 Å². The van der Waals surface area contributed by atoms with E-state index >= 15 is 0 Å². The maximum atomic E-state index is 12.4. The first-order valence-electron chi connectivity index (χ1n) is 9.97. The standard InChI is InChI=1S/C26H19N3O2/c30-17-25-23(21-10-4-5-11-22(21)26-15-27-18-31-26)14-19(24-12-6-7-13-28-24)16-29(25)20-8-2-1-3-9-20/h1-18,25H. The first kappa shape index (κ1) is 18.8. The topological polar surface area (TPSA) is 59.2 Å². The SMILES string of the molecule is O=CC1C(c2ccccc2-c2cnco2)=CC(c2ccccn2)=CN1c1ccccc1. The van der Waals surface area contributed by atoms with Crippen LogP contribution in [0.2, 0.25) is 0 Å². The number of pyridine rings is 1. The normalized spacial score (nSPS) is 15.9. The van der Waals surface area contributed by atoms with Crippen LogP contribution in [0.4, 0.5) is 5.69 Å². The molecule has 1 aliphatic rings. The van der Waals surface area contributed by atoms with E-state index in [1.807, 2.05) is 90.0 Å². The number of aromatic nitrogens is 2. The molecule has 1 atom stereocenters. The van der Waals surface area contributed by atoms with Gasteiger partial charge < -0.3 is 14.1 Å². The molecular formula is C26H19N3O2. The third-order valence-corrected chi connectivity index (χ3v) is 5.29. The summed E-state index contributed by atoms with van der Waals surface area (Å²) in [4.78, 5) is 23.0. The van der Waals surface area contributed by atoms with Gasteiger partial charge in [-0.05, 0) is 41.5 Å². The second-order valence-electron chi connectivity index (χ2n) is 7.13. The molecule has 3 heterocycles. The van der Waals surface area contributed by atoms with Gasteiger partial charge in [-0.2, -0.15) is 0 Å². The number of aldehydes is 1. The third kappa shape index (κ3) is 3.57. The number of oxazole rings is 1. The Morgan fingerprint density at radius 1 is 0.903 bits per heavy atom. The molecule has 5 rings (SSSR count). The highest BCUT2D eigenvalue weighted by molar-refractivity contribution is 6.00. The van der Waals surface area contributed by atoms with Crippen LogP contribution >= 0.6 is 0 Å². The monoisotopic (exact) mass is 405 g/mol. The van der Waals surface area contributed by atoms with Crippen molar-refractivity contribution in [2.45, 2.75) is 6.04 Å². The van der Waals surface area contributed by atoms with E-state index in [-0.39, 0.29) is 0 Å². The molecule has 1 unspecified atom stereocenters. The number of hydrogen-bond acceptors (Lipinski definition) is 5. The Labute approximate surface area is 180 Å².